The number of nitrogens with zero attached hydrogens (tertiary/aromatic N) is 1. The summed E-state index contributed by atoms with van der Waals surface area (Å²) in [5.74, 6) is 0. The van der Waals surface area contributed by atoms with Crippen molar-refractivity contribution in [3.8, 4) is 0 Å². The van der Waals surface area contributed by atoms with Crippen LogP contribution in [-0.2, 0) is 15.6 Å². The van der Waals surface area contributed by atoms with Gasteiger partial charge in [-0.05, 0) is 27.3 Å². The number of aromatic nitrogens is 1. The fraction of sp³-hybridized carbons (Fsp3) is 0.286. The Bertz CT molecular complexity index is 471. The first kappa shape index (κ1) is 32.1. The van der Waals surface area contributed by atoms with E-state index < -0.39 is 26.7 Å². The zero-order valence-corrected chi connectivity index (χ0v) is 22.0. The van der Waals surface area contributed by atoms with Crippen LogP contribution < -0.4 is 138 Å². The van der Waals surface area contributed by atoms with Gasteiger partial charge in [-0.15, -0.1) is 0 Å². The standard InChI is InChI=1S/C7H11NO7P2.4Na/c9-7(16(10,11)12,17(13,14)15)5-6-3-1-2-4-8-6;;;;/h1-4,9H,5H2,(H2,10,11,12)(H2,13,14,15);;;;/q;4*+1/p-4. The average Bonchev–Trinajstić information content (AvgIpc) is 2.15. The maximum Gasteiger partial charge on any atom is 1.00 e. The molecule has 0 bridgehead atoms. The van der Waals surface area contributed by atoms with Gasteiger partial charge in [0, 0.05) is 18.3 Å². The molecule has 0 fully saturated rings. The fourth-order valence-electron chi connectivity index (χ4n) is 1.09. The molecular weight excluding hydrogens is 364 g/mol. The molecular formula is C7H7NNa4O7P2. The molecule has 0 aromatic carbocycles. The number of hydrogen-bond donors (Lipinski definition) is 1. The van der Waals surface area contributed by atoms with Crippen molar-refractivity contribution in [1.29, 1.82) is 0 Å². The largest absolute Gasteiger partial charge is 1.00 e. The van der Waals surface area contributed by atoms with E-state index >= 15 is 0 Å². The zero-order valence-electron chi connectivity index (χ0n) is 12.3. The average molecular weight is 371 g/mol. The molecule has 0 aliphatic heterocycles. The number of pyridine rings is 1. The van der Waals surface area contributed by atoms with Gasteiger partial charge in [0.15, 0.2) is 0 Å². The third-order valence-electron chi connectivity index (χ3n) is 2.02. The Hall–Kier alpha value is 3.41. The first-order valence-electron chi connectivity index (χ1n) is 4.24. The van der Waals surface area contributed by atoms with Crippen molar-refractivity contribution in [3.05, 3.63) is 30.1 Å². The topological polar surface area (TPSA) is 160 Å². The van der Waals surface area contributed by atoms with Crippen molar-refractivity contribution in [1.82, 2.24) is 4.98 Å². The zero-order chi connectivity index (χ0) is 13.3. The van der Waals surface area contributed by atoms with Gasteiger partial charge in [0.25, 0.3) is 0 Å². The van der Waals surface area contributed by atoms with E-state index in [1.54, 1.807) is 0 Å². The van der Waals surface area contributed by atoms with Crippen molar-refractivity contribution < 1.29 is 152 Å². The molecule has 0 amide bonds. The minimum absolute atomic E-state index is 0. The van der Waals surface area contributed by atoms with Gasteiger partial charge in [0.05, 0.1) is 0 Å². The summed E-state index contributed by atoms with van der Waals surface area (Å²) in [7, 11) is -12.1. The molecule has 96 valence electrons. The molecule has 1 heterocycles. The molecule has 0 atom stereocenters. The van der Waals surface area contributed by atoms with Crippen LogP contribution in [0, 0.1) is 0 Å². The van der Waals surface area contributed by atoms with Crippen LogP contribution in [0.1, 0.15) is 5.69 Å². The minimum atomic E-state index is -6.05. The number of rotatable bonds is 4. The van der Waals surface area contributed by atoms with E-state index in [0.29, 0.717) is 0 Å². The Morgan fingerprint density at radius 3 is 1.71 bits per heavy atom. The van der Waals surface area contributed by atoms with Gasteiger partial charge < -0.3 is 33.8 Å². The summed E-state index contributed by atoms with van der Waals surface area (Å²) >= 11 is 0. The predicted octanol–water partition coefficient (Wildman–Crippen LogP) is -14.9. The molecule has 0 aliphatic carbocycles. The van der Waals surface area contributed by atoms with Gasteiger partial charge in [0.2, 0.25) is 0 Å². The quantitative estimate of drug-likeness (QED) is 0.403. The van der Waals surface area contributed by atoms with Crippen molar-refractivity contribution >= 4 is 15.2 Å². The molecule has 1 aromatic heterocycles. The van der Waals surface area contributed by atoms with Crippen LogP contribution in [0.4, 0.5) is 0 Å². The summed E-state index contributed by atoms with van der Waals surface area (Å²) in [6.45, 7) is 0. The fourth-order valence-corrected chi connectivity index (χ4v) is 3.00. The maximum absolute atomic E-state index is 10.7. The number of aliphatic hydroxyl groups is 1. The van der Waals surface area contributed by atoms with Gasteiger partial charge in [-0.2, -0.15) is 0 Å². The van der Waals surface area contributed by atoms with Gasteiger partial charge in [-0.3, -0.25) is 4.98 Å². The van der Waals surface area contributed by atoms with Crippen molar-refractivity contribution in [3.63, 3.8) is 0 Å². The molecule has 1 rings (SSSR count). The Morgan fingerprint density at radius 1 is 1.00 bits per heavy atom. The second-order valence-corrected chi connectivity index (χ2v) is 7.09. The third kappa shape index (κ3) is 9.06. The molecule has 21 heavy (non-hydrogen) atoms. The van der Waals surface area contributed by atoms with E-state index in [9.17, 15) is 33.8 Å². The second-order valence-electron chi connectivity index (χ2n) is 3.27. The summed E-state index contributed by atoms with van der Waals surface area (Å²) in [6.07, 6.45) is -0.000779. The van der Waals surface area contributed by atoms with Crippen LogP contribution in [0.5, 0.6) is 0 Å². The maximum atomic E-state index is 10.7. The predicted molar refractivity (Wildman–Crippen MR) is 48.1 cm³/mol. The molecule has 1 N–H and O–H groups in total. The Morgan fingerprint density at radius 2 is 1.43 bits per heavy atom. The minimum Gasteiger partial charge on any atom is -0.808 e. The van der Waals surface area contributed by atoms with Crippen LogP contribution in [-0.4, -0.2) is 15.2 Å². The van der Waals surface area contributed by atoms with E-state index in [1.807, 2.05) is 0 Å². The van der Waals surface area contributed by atoms with Gasteiger partial charge in [-0.25, -0.2) is 0 Å². The monoisotopic (exact) mass is 371 g/mol. The summed E-state index contributed by atoms with van der Waals surface area (Å²) < 4.78 is 21.5. The molecule has 8 nitrogen and oxygen atoms in total. The van der Waals surface area contributed by atoms with Gasteiger partial charge in [-0.1, -0.05) is 6.07 Å². The van der Waals surface area contributed by atoms with Gasteiger partial charge in [0.1, 0.15) is 5.08 Å². The van der Waals surface area contributed by atoms with E-state index in [-0.39, 0.29) is 124 Å². The van der Waals surface area contributed by atoms with Crippen molar-refractivity contribution in [2.45, 2.75) is 11.5 Å². The molecule has 0 saturated carbocycles. The van der Waals surface area contributed by atoms with Crippen LogP contribution in [0.3, 0.4) is 0 Å². The first-order chi connectivity index (χ1) is 7.58. The third-order valence-corrected chi connectivity index (χ3v) is 5.56. The van der Waals surface area contributed by atoms with Crippen LogP contribution in [0.25, 0.3) is 0 Å². The molecule has 14 heteroatoms. The SMILES string of the molecule is O=P([O-])([O-])C(O)(Cc1ccccn1)P(=O)([O-])[O-].[Na+].[Na+].[Na+].[Na+]. The van der Waals surface area contributed by atoms with Crippen LogP contribution in [0.2, 0.25) is 0 Å². The van der Waals surface area contributed by atoms with Crippen molar-refractivity contribution in [2.75, 3.05) is 0 Å². The molecule has 0 spiro atoms. The van der Waals surface area contributed by atoms with E-state index in [0.717, 1.165) is 0 Å². The van der Waals surface area contributed by atoms with Gasteiger partial charge >= 0.3 is 118 Å². The number of hydrogen-bond acceptors (Lipinski definition) is 8. The van der Waals surface area contributed by atoms with Crippen LogP contribution >= 0.6 is 15.2 Å². The smallest absolute Gasteiger partial charge is 0.808 e. The molecule has 0 radical (unpaired) electrons. The molecule has 0 unspecified atom stereocenters. The van der Waals surface area contributed by atoms with E-state index in [2.05, 4.69) is 4.98 Å². The summed E-state index contributed by atoms with van der Waals surface area (Å²) in [4.78, 5) is 46.4. The Labute approximate surface area is 210 Å². The Kier molecular flexibility index (Phi) is 19.4. The summed E-state index contributed by atoms with van der Waals surface area (Å²) in [5.41, 5.74) is -0.200. The van der Waals surface area contributed by atoms with Crippen molar-refractivity contribution in [2.24, 2.45) is 0 Å². The summed E-state index contributed by atoms with van der Waals surface area (Å²) in [5, 5.41) is 5.43. The molecule has 0 aliphatic rings. The molecule has 0 saturated heterocycles. The van der Waals surface area contributed by atoms with E-state index in [4.69, 9.17) is 0 Å². The van der Waals surface area contributed by atoms with E-state index in [1.165, 1.54) is 24.4 Å². The second kappa shape index (κ2) is 12.7. The Balaban J connectivity index is -0.000000361. The van der Waals surface area contributed by atoms with Crippen LogP contribution in [0.15, 0.2) is 24.4 Å². The first-order valence-corrected chi connectivity index (χ1v) is 7.33. The normalized spacial score (nSPS) is 11.1. The molecule has 1 aromatic rings. The summed E-state index contributed by atoms with van der Waals surface area (Å²) in [6, 6.07) is 4.00.